The summed E-state index contributed by atoms with van der Waals surface area (Å²) in [4.78, 5) is 24.6. The van der Waals surface area contributed by atoms with Crippen LogP contribution in [0.1, 0.15) is 49.4 Å². The summed E-state index contributed by atoms with van der Waals surface area (Å²) in [5, 5.41) is 10.5. The third-order valence-electron chi connectivity index (χ3n) is 5.35. The van der Waals surface area contributed by atoms with Crippen LogP contribution in [0.25, 0.3) is 0 Å². The van der Waals surface area contributed by atoms with Crippen LogP contribution in [0.15, 0.2) is 10.9 Å². The topological polar surface area (TPSA) is 85.2 Å². The van der Waals surface area contributed by atoms with Crippen LogP contribution in [-0.4, -0.2) is 41.1 Å². The molecule has 130 valence electrons. The Labute approximate surface area is 140 Å². The number of hydrogen-bond donors (Lipinski definition) is 2. The average molecular weight is 332 g/mol. The number of ether oxygens (including phenoxy) is 1. The van der Waals surface area contributed by atoms with Gasteiger partial charge in [0.25, 0.3) is 5.56 Å². The van der Waals surface area contributed by atoms with Crippen LogP contribution in [0.3, 0.4) is 0 Å². The first kappa shape index (κ1) is 15.6. The Morgan fingerprint density at radius 1 is 1.17 bits per heavy atom. The number of nitrogens with zero attached hydrogens (tertiary/aromatic N) is 2. The van der Waals surface area contributed by atoms with E-state index in [0.29, 0.717) is 13.2 Å². The van der Waals surface area contributed by atoms with Gasteiger partial charge in [0.2, 0.25) is 0 Å². The summed E-state index contributed by atoms with van der Waals surface area (Å²) in [5.74, 6) is 0. The van der Waals surface area contributed by atoms with E-state index in [2.05, 4.69) is 15.7 Å². The van der Waals surface area contributed by atoms with Crippen LogP contribution >= 0.6 is 0 Å². The molecule has 24 heavy (non-hydrogen) atoms. The largest absolute Gasteiger partial charge is 0.377 e. The molecule has 2 unspecified atom stereocenters. The van der Waals surface area contributed by atoms with Crippen molar-refractivity contribution in [2.75, 3.05) is 13.2 Å². The van der Waals surface area contributed by atoms with Crippen LogP contribution in [0, 0.1) is 0 Å². The highest BCUT2D eigenvalue weighted by molar-refractivity contribution is 5.74. The number of fused-ring (bicyclic) bond motifs is 1. The lowest BCUT2D eigenvalue weighted by Gasteiger charge is -2.22. The summed E-state index contributed by atoms with van der Waals surface area (Å²) < 4.78 is 7.04. The van der Waals surface area contributed by atoms with Crippen molar-refractivity contribution in [1.82, 2.24) is 20.4 Å². The fraction of sp³-hybridized carbons (Fsp3) is 0.706. The molecule has 2 aliphatic carbocycles. The fourth-order valence-corrected chi connectivity index (χ4v) is 4.04. The van der Waals surface area contributed by atoms with Crippen molar-refractivity contribution in [2.24, 2.45) is 0 Å². The average Bonchev–Trinajstić information content (AvgIpc) is 3.27. The second-order valence-electron chi connectivity index (χ2n) is 7.06. The van der Waals surface area contributed by atoms with Crippen LogP contribution in [-0.2, 0) is 17.6 Å². The highest BCUT2D eigenvalue weighted by Gasteiger charge is 2.33. The van der Waals surface area contributed by atoms with Crippen LogP contribution in [0.2, 0.25) is 0 Å². The second-order valence-corrected chi connectivity index (χ2v) is 7.06. The summed E-state index contributed by atoms with van der Waals surface area (Å²) in [7, 11) is 0. The zero-order valence-electron chi connectivity index (χ0n) is 13.8. The molecule has 7 heteroatoms. The Hall–Kier alpha value is -1.89. The molecule has 0 radical (unpaired) electrons. The maximum atomic E-state index is 12.4. The van der Waals surface area contributed by atoms with Crippen LogP contribution in [0.5, 0.6) is 0 Å². The Morgan fingerprint density at radius 2 is 2.00 bits per heavy atom. The Bertz CT molecular complexity index is 681. The van der Waals surface area contributed by atoms with Gasteiger partial charge in [0, 0.05) is 12.1 Å². The number of amides is 2. The highest BCUT2D eigenvalue weighted by Crippen LogP contribution is 2.22. The SMILES string of the molecule is O=C(NC1CCCC1)NC1COCC1n1nc2c(cc1=O)CCC2. The number of carbonyl (C=O) groups excluding carboxylic acids is 1. The second kappa shape index (κ2) is 6.55. The summed E-state index contributed by atoms with van der Waals surface area (Å²) in [6, 6.07) is 1.33. The molecule has 2 heterocycles. The fourth-order valence-electron chi connectivity index (χ4n) is 4.04. The van der Waals surface area contributed by atoms with Crippen LogP contribution in [0.4, 0.5) is 4.79 Å². The zero-order chi connectivity index (χ0) is 16.5. The third kappa shape index (κ3) is 3.05. The minimum Gasteiger partial charge on any atom is -0.377 e. The van der Waals surface area contributed by atoms with Crippen molar-refractivity contribution in [1.29, 1.82) is 0 Å². The quantitative estimate of drug-likeness (QED) is 0.862. The number of aromatic nitrogens is 2. The molecule has 4 rings (SSSR count). The summed E-state index contributed by atoms with van der Waals surface area (Å²) in [6.07, 6.45) is 7.35. The van der Waals surface area contributed by atoms with Crippen molar-refractivity contribution in [2.45, 2.75) is 63.1 Å². The zero-order valence-corrected chi connectivity index (χ0v) is 13.8. The van der Waals surface area contributed by atoms with Crippen molar-refractivity contribution in [3.63, 3.8) is 0 Å². The van der Waals surface area contributed by atoms with Crippen molar-refractivity contribution >= 4 is 6.03 Å². The minimum atomic E-state index is -0.238. The Morgan fingerprint density at radius 3 is 2.83 bits per heavy atom. The van der Waals surface area contributed by atoms with Gasteiger partial charge in [-0.25, -0.2) is 9.48 Å². The number of aryl methyl sites for hydroxylation is 2. The molecule has 2 atom stereocenters. The molecule has 0 aromatic carbocycles. The monoisotopic (exact) mass is 332 g/mol. The molecular formula is C17H24N4O3. The molecule has 0 bridgehead atoms. The normalized spacial score (nSPS) is 26.5. The molecule has 2 fully saturated rings. The van der Waals surface area contributed by atoms with Gasteiger partial charge in [0.15, 0.2) is 0 Å². The predicted octanol–water partition coefficient (Wildman–Crippen LogP) is 0.914. The Balaban J connectivity index is 1.46. The molecule has 1 saturated heterocycles. The van der Waals surface area contributed by atoms with Gasteiger partial charge in [-0.15, -0.1) is 0 Å². The smallest absolute Gasteiger partial charge is 0.315 e. The highest BCUT2D eigenvalue weighted by atomic mass is 16.5. The van der Waals surface area contributed by atoms with E-state index < -0.39 is 0 Å². The first-order valence-electron chi connectivity index (χ1n) is 8.97. The van der Waals surface area contributed by atoms with E-state index in [1.807, 2.05) is 0 Å². The molecule has 2 amide bonds. The molecule has 0 spiro atoms. The van der Waals surface area contributed by atoms with E-state index in [1.165, 1.54) is 17.5 Å². The minimum absolute atomic E-state index is 0.103. The third-order valence-corrected chi connectivity index (χ3v) is 5.35. The van der Waals surface area contributed by atoms with E-state index in [4.69, 9.17) is 4.74 Å². The molecule has 1 aromatic heterocycles. The lowest BCUT2D eigenvalue weighted by atomic mass is 10.1. The molecule has 1 aliphatic heterocycles. The van der Waals surface area contributed by atoms with Crippen molar-refractivity contribution in [3.8, 4) is 0 Å². The van der Waals surface area contributed by atoms with Gasteiger partial charge < -0.3 is 15.4 Å². The maximum absolute atomic E-state index is 12.4. The van der Waals surface area contributed by atoms with E-state index in [0.717, 1.165) is 43.4 Å². The summed E-state index contributed by atoms with van der Waals surface area (Å²) in [5.41, 5.74) is 1.98. The maximum Gasteiger partial charge on any atom is 0.315 e. The molecule has 7 nitrogen and oxygen atoms in total. The lowest BCUT2D eigenvalue weighted by molar-refractivity contribution is 0.180. The van der Waals surface area contributed by atoms with Gasteiger partial charge in [0.05, 0.1) is 24.9 Å². The van der Waals surface area contributed by atoms with Crippen molar-refractivity contribution < 1.29 is 9.53 Å². The van der Waals surface area contributed by atoms with E-state index >= 15 is 0 Å². The van der Waals surface area contributed by atoms with Gasteiger partial charge in [-0.05, 0) is 37.7 Å². The molecular weight excluding hydrogens is 308 g/mol. The van der Waals surface area contributed by atoms with Gasteiger partial charge in [0.1, 0.15) is 6.04 Å². The van der Waals surface area contributed by atoms with Gasteiger partial charge in [-0.1, -0.05) is 12.8 Å². The number of hydrogen-bond acceptors (Lipinski definition) is 4. The van der Waals surface area contributed by atoms with Crippen molar-refractivity contribution in [3.05, 3.63) is 27.7 Å². The number of rotatable bonds is 3. The number of nitrogens with one attached hydrogen (secondary N) is 2. The standard InChI is InChI=1S/C17H24N4O3/c22-16-8-11-4-3-7-13(11)20-21(16)15-10-24-9-14(15)19-17(23)18-12-5-1-2-6-12/h8,12,14-15H,1-7,9-10H2,(H2,18,19,23). The van der Waals surface area contributed by atoms with Crippen LogP contribution < -0.4 is 16.2 Å². The molecule has 2 N–H and O–H groups in total. The van der Waals surface area contributed by atoms with E-state index in [1.54, 1.807) is 6.07 Å². The molecule has 1 saturated carbocycles. The van der Waals surface area contributed by atoms with Gasteiger partial charge >= 0.3 is 6.03 Å². The summed E-state index contributed by atoms with van der Waals surface area (Å²) in [6.45, 7) is 0.814. The van der Waals surface area contributed by atoms with E-state index in [-0.39, 0.29) is 29.7 Å². The number of carbonyl (C=O) groups is 1. The first-order chi connectivity index (χ1) is 11.7. The first-order valence-corrected chi connectivity index (χ1v) is 8.97. The molecule has 3 aliphatic rings. The Kier molecular flexibility index (Phi) is 4.26. The number of urea groups is 1. The van der Waals surface area contributed by atoms with E-state index in [9.17, 15) is 9.59 Å². The summed E-state index contributed by atoms with van der Waals surface area (Å²) >= 11 is 0. The predicted molar refractivity (Wildman–Crippen MR) is 88.1 cm³/mol. The molecule has 1 aromatic rings. The van der Waals surface area contributed by atoms with Gasteiger partial charge in [-0.2, -0.15) is 5.10 Å². The van der Waals surface area contributed by atoms with Gasteiger partial charge in [-0.3, -0.25) is 4.79 Å². The lowest BCUT2D eigenvalue weighted by Crippen LogP contribution is -2.49.